The van der Waals surface area contributed by atoms with Crippen LogP contribution in [0.25, 0.3) is 0 Å². The molecular formula is C10H17Cl2NO2S. The van der Waals surface area contributed by atoms with E-state index in [-0.39, 0.29) is 18.6 Å². The molecule has 1 aliphatic carbocycles. The highest BCUT2D eigenvalue weighted by molar-refractivity contribution is 7.98. The Morgan fingerprint density at radius 2 is 2.19 bits per heavy atom. The normalized spacial score (nSPS) is 28.6. The molecule has 2 unspecified atom stereocenters. The number of halogens is 2. The summed E-state index contributed by atoms with van der Waals surface area (Å²) < 4.78 is -0.930. The van der Waals surface area contributed by atoms with Gasteiger partial charge in [0.15, 0.2) is 0 Å². The number of hydrogen-bond acceptors (Lipinski definition) is 3. The predicted octanol–water partition coefficient (Wildman–Crippen LogP) is 1.80. The molecule has 0 spiro atoms. The standard InChI is InChI=1S/C10H17Cl2NO2S/c1-9(6-10(9,11)12)8(15)13-7(3-4-14)5-16-2/h7,14H,3-6H2,1-2H3,(H,13,15). The van der Waals surface area contributed by atoms with Gasteiger partial charge in [-0.3, -0.25) is 4.79 Å². The third kappa shape index (κ3) is 2.97. The number of hydrogen-bond donors (Lipinski definition) is 2. The first-order valence-corrected chi connectivity index (χ1v) is 7.31. The minimum absolute atomic E-state index is 0.0194. The molecule has 0 aromatic carbocycles. The van der Waals surface area contributed by atoms with Crippen LogP contribution in [0.5, 0.6) is 0 Å². The largest absolute Gasteiger partial charge is 0.396 e. The van der Waals surface area contributed by atoms with Crippen molar-refractivity contribution in [1.29, 1.82) is 0 Å². The molecule has 0 aromatic heterocycles. The van der Waals surface area contributed by atoms with Gasteiger partial charge in [0, 0.05) is 18.4 Å². The van der Waals surface area contributed by atoms with Gasteiger partial charge in [-0.1, -0.05) is 0 Å². The summed E-state index contributed by atoms with van der Waals surface area (Å²) in [5, 5.41) is 11.8. The molecule has 94 valence electrons. The van der Waals surface area contributed by atoms with Crippen LogP contribution < -0.4 is 5.32 Å². The lowest BCUT2D eigenvalue weighted by Crippen LogP contribution is -2.42. The summed E-state index contributed by atoms with van der Waals surface area (Å²) >= 11 is 13.5. The van der Waals surface area contributed by atoms with Crippen LogP contribution in [0.4, 0.5) is 0 Å². The molecule has 2 N–H and O–H groups in total. The van der Waals surface area contributed by atoms with Crippen molar-refractivity contribution in [2.75, 3.05) is 18.6 Å². The lowest BCUT2D eigenvalue weighted by molar-refractivity contribution is -0.126. The third-order valence-corrected chi connectivity index (χ3v) is 4.78. The van der Waals surface area contributed by atoms with Crippen LogP contribution in [-0.4, -0.2) is 40.0 Å². The molecule has 1 aliphatic rings. The second-order valence-corrected chi connectivity index (χ2v) is 6.75. The number of rotatable bonds is 6. The number of nitrogens with one attached hydrogen (secondary N) is 1. The maximum absolute atomic E-state index is 11.9. The maximum Gasteiger partial charge on any atom is 0.229 e. The zero-order valence-corrected chi connectivity index (χ0v) is 11.8. The Morgan fingerprint density at radius 1 is 1.62 bits per heavy atom. The van der Waals surface area contributed by atoms with Gasteiger partial charge in [-0.25, -0.2) is 0 Å². The minimum Gasteiger partial charge on any atom is -0.396 e. The molecule has 1 saturated carbocycles. The van der Waals surface area contributed by atoms with Gasteiger partial charge < -0.3 is 10.4 Å². The van der Waals surface area contributed by atoms with Crippen LogP contribution >= 0.6 is 35.0 Å². The molecule has 1 rings (SSSR count). The lowest BCUT2D eigenvalue weighted by atomic mass is 10.1. The molecule has 0 bridgehead atoms. The lowest BCUT2D eigenvalue weighted by Gasteiger charge is -2.20. The quantitative estimate of drug-likeness (QED) is 0.732. The predicted molar refractivity (Wildman–Crippen MR) is 69.2 cm³/mol. The van der Waals surface area contributed by atoms with Crippen LogP contribution in [0.3, 0.4) is 0 Å². The number of carbonyl (C=O) groups is 1. The topological polar surface area (TPSA) is 49.3 Å². The van der Waals surface area contributed by atoms with E-state index in [2.05, 4.69) is 5.32 Å². The number of aliphatic hydroxyl groups excluding tert-OH is 1. The Bertz CT molecular complexity index is 270. The highest BCUT2D eigenvalue weighted by Crippen LogP contribution is 2.63. The third-order valence-electron chi connectivity index (χ3n) is 2.94. The number of alkyl halides is 2. The fraction of sp³-hybridized carbons (Fsp3) is 0.900. The van der Waals surface area contributed by atoms with E-state index in [1.807, 2.05) is 6.26 Å². The van der Waals surface area contributed by atoms with Gasteiger partial charge in [0.25, 0.3) is 0 Å². The van der Waals surface area contributed by atoms with E-state index >= 15 is 0 Å². The van der Waals surface area contributed by atoms with E-state index < -0.39 is 9.75 Å². The molecule has 3 nitrogen and oxygen atoms in total. The molecule has 0 saturated heterocycles. The summed E-state index contributed by atoms with van der Waals surface area (Å²) in [6.45, 7) is 1.83. The first-order valence-electron chi connectivity index (χ1n) is 5.16. The highest BCUT2D eigenvalue weighted by atomic mass is 35.5. The Hall–Kier alpha value is 0.360. The van der Waals surface area contributed by atoms with Crippen molar-refractivity contribution in [2.24, 2.45) is 5.41 Å². The molecule has 2 atom stereocenters. The molecule has 0 heterocycles. The van der Waals surface area contributed by atoms with E-state index in [1.54, 1.807) is 18.7 Å². The van der Waals surface area contributed by atoms with Crippen LogP contribution in [0.2, 0.25) is 0 Å². The van der Waals surface area contributed by atoms with E-state index in [0.717, 1.165) is 5.75 Å². The first-order chi connectivity index (χ1) is 7.37. The van der Waals surface area contributed by atoms with Crippen molar-refractivity contribution in [3.63, 3.8) is 0 Å². The van der Waals surface area contributed by atoms with Gasteiger partial charge in [-0.2, -0.15) is 11.8 Å². The van der Waals surface area contributed by atoms with Crippen molar-refractivity contribution in [3.05, 3.63) is 0 Å². The molecule has 0 aromatic rings. The SMILES string of the molecule is CSCC(CCO)NC(=O)C1(C)CC1(Cl)Cl. The Balaban J connectivity index is 2.49. The van der Waals surface area contributed by atoms with Gasteiger partial charge in [-0.15, -0.1) is 23.2 Å². The van der Waals surface area contributed by atoms with Crippen molar-refractivity contribution in [1.82, 2.24) is 5.32 Å². The zero-order chi connectivity index (χ0) is 12.4. The summed E-state index contributed by atoms with van der Waals surface area (Å²) in [7, 11) is 0. The molecule has 0 radical (unpaired) electrons. The maximum atomic E-state index is 11.9. The fourth-order valence-corrected chi connectivity index (χ4v) is 2.90. The number of amides is 1. The summed E-state index contributed by atoms with van der Waals surface area (Å²) in [6.07, 6.45) is 3.00. The van der Waals surface area contributed by atoms with Gasteiger partial charge >= 0.3 is 0 Å². The second kappa shape index (κ2) is 5.34. The molecule has 1 amide bonds. The van der Waals surface area contributed by atoms with Crippen molar-refractivity contribution in [2.45, 2.75) is 30.1 Å². The van der Waals surface area contributed by atoms with E-state index in [4.69, 9.17) is 28.3 Å². The van der Waals surface area contributed by atoms with E-state index in [9.17, 15) is 4.79 Å². The molecule has 1 fully saturated rings. The zero-order valence-electron chi connectivity index (χ0n) is 9.43. The van der Waals surface area contributed by atoms with Crippen molar-refractivity contribution in [3.8, 4) is 0 Å². The molecule has 0 aliphatic heterocycles. The van der Waals surface area contributed by atoms with Gasteiger partial charge in [0.2, 0.25) is 5.91 Å². The number of aliphatic hydroxyl groups is 1. The van der Waals surface area contributed by atoms with Crippen LogP contribution in [-0.2, 0) is 4.79 Å². The first kappa shape index (κ1) is 14.4. The van der Waals surface area contributed by atoms with Gasteiger partial charge in [0.1, 0.15) is 4.33 Å². The number of thioether (sulfide) groups is 1. The fourth-order valence-electron chi connectivity index (χ4n) is 1.55. The van der Waals surface area contributed by atoms with E-state index in [0.29, 0.717) is 12.8 Å². The van der Waals surface area contributed by atoms with Crippen LogP contribution in [0.1, 0.15) is 19.8 Å². The molecule has 16 heavy (non-hydrogen) atoms. The monoisotopic (exact) mass is 285 g/mol. The van der Waals surface area contributed by atoms with Crippen LogP contribution in [0, 0.1) is 5.41 Å². The molecular weight excluding hydrogens is 269 g/mol. The van der Waals surface area contributed by atoms with Crippen molar-refractivity contribution >= 4 is 40.9 Å². The Kier molecular flexibility index (Phi) is 4.81. The number of carbonyl (C=O) groups excluding carboxylic acids is 1. The summed E-state index contributed by atoms with van der Waals surface area (Å²) in [6, 6.07) is -0.0194. The van der Waals surface area contributed by atoms with E-state index in [1.165, 1.54) is 0 Å². The highest BCUT2D eigenvalue weighted by Gasteiger charge is 2.67. The second-order valence-electron chi connectivity index (χ2n) is 4.35. The summed E-state index contributed by atoms with van der Waals surface area (Å²) in [5.41, 5.74) is -0.678. The summed E-state index contributed by atoms with van der Waals surface area (Å²) in [5.74, 6) is 0.657. The minimum atomic E-state index is -0.930. The van der Waals surface area contributed by atoms with Crippen molar-refractivity contribution < 1.29 is 9.90 Å². The van der Waals surface area contributed by atoms with Gasteiger partial charge in [0.05, 0.1) is 5.41 Å². The summed E-state index contributed by atoms with van der Waals surface area (Å²) in [4.78, 5) is 11.9. The van der Waals surface area contributed by atoms with Gasteiger partial charge in [-0.05, 0) is 26.0 Å². The average molecular weight is 286 g/mol. The smallest absolute Gasteiger partial charge is 0.229 e. The Labute approximate surface area is 110 Å². The van der Waals surface area contributed by atoms with Crippen LogP contribution in [0.15, 0.2) is 0 Å². The Morgan fingerprint density at radius 3 is 2.56 bits per heavy atom. The molecule has 6 heteroatoms. The average Bonchev–Trinajstić information content (AvgIpc) is 2.68.